The summed E-state index contributed by atoms with van der Waals surface area (Å²) in [6.45, 7) is 3.92. The third kappa shape index (κ3) is 3.97. The maximum atomic E-state index is 5.68. The first-order valence-corrected chi connectivity index (χ1v) is 8.15. The van der Waals surface area contributed by atoms with Crippen molar-refractivity contribution in [3.63, 3.8) is 0 Å². The van der Waals surface area contributed by atoms with Crippen LogP contribution in [0.15, 0.2) is 33.9 Å². The molecule has 0 bridgehead atoms. The first-order chi connectivity index (χ1) is 9.74. The van der Waals surface area contributed by atoms with E-state index in [0.717, 1.165) is 33.5 Å². The van der Waals surface area contributed by atoms with Gasteiger partial charge in [0.15, 0.2) is 5.16 Å². The number of benzene rings is 1. The maximum absolute atomic E-state index is 5.68. The summed E-state index contributed by atoms with van der Waals surface area (Å²) >= 11 is 5.05. The van der Waals surface area contributed by atoms with E-state index in [1.807, 2.05) is 28.8 Å². The lowest BCUT2D eigenvalue weighted by atomic mass is 10.3. The molecular weight excluding hydrogens is 340 g/mol. The van der Waals surface area contributed by atoms with Gasteiger partial charge >= 0.3 is 0 Å². The molecule has 0 atom stereocenters. The molecule has 0 amide bonds. The Morgan fingerprint density at radius 2 is 2.25 bits per heavy atom. The van der Waals surface area contributed by atoms with E-state index in [-0.39, 0.29) is 0 Å². The Morgan fingerprint density at radius 3 is 2.95 bits per heavy atom. The minimum Gasteiger partial charge on any atom is -0.493 e. The van der Waals surface area contributed by atoms with Crippen molar-refractivity contribution in [2.75, 3.05) is 12.4 Å². The lowest BCUT2D eigenvalue weighted by Gasteiger charge is -2.07. The summed E-state index contributed by atoms with van der Waals surface area (Å²) in [6, 6.07) is 7.82. The summed E-state index contributed by atoms with van der Waals surface area (Å²) in [5.41, 5.74) is 5.62. The van der Waals surface area contributed by atoms with Crippen LogP contribution in [0.4, 0.5) is 0 Å². The summed E-state index contributed by atoms with van der Waals surface area (Å²) in [5, 5.41) is 9.12. The summed E-state index contributed by atoms with van der Waals surface area (Å²) in [5.74, 6) is 2.50. The molecule has 0 unspecified atom stereocenters. The number of aromatic nitrogens is 3. The Morgan fingerprint density at radius 1 is 1.40 bits per heavy atom. The van der Waals surface area contributed by atoms with Crippen molar-refractivity contribution in [2.24, 2.45) is 5.73 Å². The monoisotopic (exact) mass is 356 g/mol. The molecule has 7 heteroatoms. The molecule has 0 aliphatic carbocycles. The Bertz CT molecular complexity index is 561. The molecule has 2 rings (SSSR count). The zero-order chi connectivity index (χ0) is 14.4. The molecular formula is C13H17BrN4OS. The second-order valence-corrected chi connectivity index (χ2v) is 5.98. The van der Waals surface area contributed by atoms with E-state index in [9.17, 15) is 0 Å². The van der Waals surface area contributed by atoms with Crippen molar-refractivity contribution in [3.8, 4) is 5.75 Å². The number of halogens is 1. The zero-order valence-corrected chi connectivity index (χ0v) is 13.7. The van der Waals surface area contributed by atoms with Gasteiger partial charge in [0.05, 0.1) is 13.2 Å². The Balaban J connectivity index is 1.83. The third-order valence-corrected chi connectivity index (χ3v) is 4.10. The van der Waals surface area contributed by atoms with E-state index < -0.39 is 0 Å². The summed E-state index contributed by atoms with van der Waals surface area (Å²) in [6.07, 6.45) is 0. The molecule has 1 aromatic heterocycles. The van der Waals surface area contributed by atoms with Crippen LogP contribution in [0.2, 0.25) is 0 Å². The molecule has 1 aromatic carbocycles. The summed E-state index contributed by atoms with van der Waals surface area (Å²) in [7, 11) is 0. The fraction of sp³-hybridized carbons (Fsp3) is 0.385. The molecule has 0 radical (unpaired) electrons. The molecule has 0 saturated carbocycles. The highest BCUT2D eigenvalue weighted by Gasteiger charge is 2.09. The van der Waals surface area contributed by atoms with Crippen LogP contribution in [0.3, 0.4) is 0 Å². The van der Waals surface area contributed by atoms with Crippen LogP contribution in [-0.2, 0) is 13.1 Å². The highest BCUT2D eigenvalue weighted by molar-refractivity contribution is 9.10. The van der Waals surface area contributed by atoms with Gasteiger partial charge in [-0.1, -0.05) is 33.8 Å². The van der Waals surface area contributed by atoms with Crippen molar-refractivity contribution in [3.05, 3.63) is 34.6 Å². The number of rotatable bonds is 7. The molecule has 20 heavy (non-hydrogen) atoms. The predicted octanol–water partition coefficient (Wildman–Crippen LogP) is 2.69. The van der Waals surface area contributed by atoms with Crippen LogP contribution in [0.5, 0.6) is 5.75 Å². The average Bonchev–Trinajstić information content (AvgIpc) is 2.85. The van der Waals surface area contributed by atoms with Gasteiger partial charge in [0.1, 0.15) is 11.6 Å². The molecule has 0 aliphatic heterocycles. The van der Waals surface area contributed by atoms with Gasteiger partial charge in [0.25, 0.3) is 0 Å². The van der Waals surface area contributed by atoms with Gasteiger partial charge in [-0.25, -0.2) is 0 Å². The number of thioether (sulfide) groups is 1. The molecule has 0 aliphatic rings. The van der Waals surface area contributed by atoms with Crippen molar-refractivity contribution >= 4 is 27.7 Å². The smallest absolute Gasteiger partial charge is 0.191 e. The molecule has 0 fully saturated rings. The summed E-state index contributed by atoms with van der Waals surface area (Å²) in [4.78, 5) is 0. The SMILES string of the molecule is CCn1c(CN)nnc1SCCOc1cccc(Br)c1. The van der Waals surface area contributed by atoms with Gasteiger partial charge in [-0.15, -0.1) is 10.2 Å². The second kappa shape index (κ2) is 7.66. The van der Waals surface area contributed by atoms with E-state index >= 15 is 0 Å². The Labute approximate surface area is 131 Å². The Kier molecular flexibility index (Phi) is 5.87. The predicted molar refractivity (Wildman–Crippen MR) is 83.9 cm³/mol. The molecule has 0 spiro atoms. The van der Waals surface area contributed by atoms with E-state index in [4.69, 9.17) is 10.5 Å². The number of nitrogens with two attached hydrogens (primary N) is 1. The van der Waals surface area contributed by atoms with Crippen molar-refractivity contribution in [2.45, 2.75) is 25.2 Å². The van der Waals surface area contributed by atoms with E-state index in [0.29, 0.717) is 13.2 Å². The lowest BCUT2D eigenvalue weighted by molar-refractivity contribution is 0.343. The number of hydrogen-bond donors (Lipinski definition) is 1. The number of ether oxygens (including phenoxy) is 1. The molecule has 108 valence electrons. The first kappa shape index (κ1) is 15.3. The minimum absolute atomic E-state index is 0.413. The maximum Gasteiger partial charge on any atom is 0.191 e. The largest absolute Gasteiger partial charge is 0.493 e. The Hall–Kier alpha value is -1.05. The molecule has 2 aromatic rings. The lowest BCUT2D eigenvalue weighted by Crippen LogP contribution is -2.08. The van der Waals surface area contributed by atoms with Crippen molar-refractivity contribution < 1.29 is 4.74 Å². The van der Waals surface area contributed by atoms with E-state index in [2.05, 4.69) is 33.1 Å². The molecule has 2 N–H and O–H groups in total. The quantitative estimate of drug-likeness (QED) is 0.610. The van der Waals surface area contributed by atoms with E-state index in [1.165, 1.54) is 0 Å². The van der Waals surface area contributed by atoms with Crippen LogP contribution in [0, 0.1) is 0 Å². The fourth-order valence-electron chi connectivity index (χ4n) is 1.74. The molecule has 5 nitrogen and oxygen atoms in total. The van der Waals surface area contributed by atoms with Crippen LogP contribution < -0.4 is 10.5 Å². The standard InChI is InChI=1S/C13H17BrN4OS/c1-2-18-12(9-15)16-17-13(18)20-7-6-19-11-5-3-4-10(14)8-11/h3-5,8H,2,6-7,9,15H2,1H3. The highest BCUT2D eigenvalue weighted by Crippen LogP contribution is 2.20. The fourth-order valence-corrected chi connectivity index (χ4v) is 2.96. The molecule has 0 saturated heterocycles. The normalized spacial score (nSPS) is 10.8. The first-order valence-electron chi connectivity index (χ1n) is 6.38. The van der Waals surface area contributed by atoms with Crippen molar-refractivity contribution in [1.29, 1.82) is 0 Å². The van der Waals surface area contributed by atoms with Gasteiger partial charge in [-0.3, -0.25) is 0 Å². The van der Waals surface area contributed by atoms with Gasteiger partial charge < -0.3 is 15.0 Å². The minimum atomic E-state index is 0.413. The van der Waals surface area contributed by atoms with Crippen LogP contribution in [0.1, 0.15) is 12.7 Å². The van der Waals surface area contributed by atoms with Crippen LogP contribution >= 0.6 is 27.7 Å². The van der Waals surface area contributed by atoms with Gasteiger partial charge in [0.2, 0.25) is 0 Å². The third-order valence-electron chi connectivity index (χ3n) is 2.67. The van der Waals surface area contributed by atoms with Gasteiger partial charge in [0, 0.05) is 16.8 Å². The van der Waals surface area contributed by atoms with Crippen LogP contribution in [0.25, 0.3) is 0 Å². The van der Waals surface area contributed by atoms with E-state index in [1.54, 1.807) is 11.8 Å². The zero-order valence-electron chi connectivity index (χ0n) is 11.3. The van der Waals surface area contributed by atoms with Gasteiger partial charge in [-0.05, 0) is 25.1 Å². The average molecular weight is 357 g/mol. The topological polar surface area (TPSA) is 66.0 Å². The second-order valence-electron chi connectivity index (χ2n) is 4.00. The highest BCUT2D eigenvalue weighted by atomic mass is 79.9. The summed E-state index contributed by atoms with van der Waals surface area (Å²) < 4.78 is 8.73. The molecule has 1 heterocycles. The van der Waals surface area contributed by atoms with Crippen LogP contribution in [-0.4, -0.2) is 27.1 Å². The number of nitrogens with zero attached hydrogens (tertiary/aromatic N) is 3. The number of hydrogen-bond acceptors (Lipinski definition) is 5. The van der Waals surface area contributed by atoms with Gasteiger partial charge in [-0.2, -0.15) is 0 Å². The van der Waals surface area contributed by atoms with Crippen molar-refractivity contribution in [1.82, 2.24) is 14.8 Å².